The summed E-state index contributed by atoms with van der Waals surface area (Å²) in [7, 11) is 2.11. The van der Waals surface area contributed by atoms with Crippen molar-refractivity contribution in [2.75, 3.05) is 13.6 Å². The Labute approximate surface area is 120 Å². The molecule has 5 unspecified atom stereocenters. The van der Waals surface area contributed by atoms with Crippen LogP contribution in [-0.2, 0) is 0 Å². The van der Waals surface area contributed by atoms with Crippen LogP contribution in [0.5, 0.6) is 0 Å². The first kappa shape index (κ1) is 15.3. The normalized spacial score (nSPS) is 38.7. The maximum Gasteiger partial charge on any atom is 0.00746 e. The first-order valence-corrected chi connectivity index (χ1v) is 8.33. The van der Waals surface area contributed by atoms with E-state index in [1.807, 2.05) is 0 Å². The van der Waals surface area contributed by atoms with Crippen LogP contribution in [0.15, 0.2) is 0 Å². The van der Waals surface area contributed by atoms with Crippen LogP contribution in [-0.4, -0.2) is 25.7 Å². The number of rotatable bonds is 5. The van der Waals surface area contributed by atoms with Crippen molar-refractivity contribution in [3.63, 3.8) is 0 Å². The first-order valence-electron chi connectivity index (χ1n) is 8.33. The molecule has 0 amide bonds. The highest BCUT2D eigenvalue weighted by molar-refractivity contribution is 5.09. The molecule has 2 heteroatoms. The van der Waals surface area contributed by atoms with Crippen LogP contribution < -0.4 is 10.6 Å². The Morgan fingerprint density at radius 3 is 2.26 bits per heavy atom. The Hall–Kier alpha value is -0.0800. The summed E-state index contributed by atoms with van der Waals surface area (Å²) in [5.74, 6) is 3.47. The van der Waals surface area contributed by atoms with Crippen molar-refractivity contribution < 1.29 is 0 Å². The number of hydrogen-bond acceptors (Lipinski definition) is 2. The van der Waals surface area contributed by atoms with Gasteiger partial charge in [0.05, 0.1) is 0 Å². The Morgan fingerprint density at radius 1 is 1.16 bits per heavy atom. The minimum absolute atomic E-state index is 0.597. The van der Waals surface area contributed by atoms with Gasteiger partial charge in [-0.05, 0) is 68.9 Å². The van der Waals surface area contributed by atoms with Crippen LogP contribution in [0.25, 0.3) is 0 Å². The van der Waals surface area contributed by atoms with Crippen LogP contribution in [0.2, 0.25) is 0 Å². The van der Waals surface area contributed by atoms with Crippen LogP contribution >= 0.6 is 0 Å². The van der Waals surface area contributed by atoms with Gasteiger partial charge in [0.2, 0.25) is 0 Å². The lowest BCUT2D eigenvalue weighted by Gasteiger charge is -2.49. The van der Waals surface area contributed by atoms with E-state index in [1.165, 1.54) is 25.8 Å². The Balaban J connectivity index is 2.10. The van der Waals surface area contributed by atoms with Crippen molar-refractivity contribution in [1.82, 2.24) is 10.6 Å². The summed E-state index contributed by atoms with van der Waals surface area (Å²) in [4.78, 5) is 0. The molecule has 0 radical (unpaired) electrons. The van der Waals surface area contributed by atoms with E-state index >= 15 is 0 Å². The monoisotopic (exact) mass is 266 g/mol. The summed E-state index contributed by atoms with van der Waals surface area (Å²) in [5, 5.41) is 7.20. The third kappa shape index (κ3) is 2.85. The second-order valence-electron chi connectivity index (χ2n) is 7.68. The van der Waals surface area contributed by atoms with Crippen LogP contribution in [0.1, 0.15) is 53.9 Å². The van der Waals surface area contributed by atoms with E-state index in [1.54, 1.807) is 0 Å². The van der Waals surface area contributed by atoms with Gasteiger partial charge in [-0.1, -0.05) is 27.7 Å². The molecule has 0 aromatic heterocycles. The Kier molecular flexibility index (Phi) is 4.62. The van der Waals surface area contributed by atoms with Crippen molar-refractivity contribution in [2.45, 2.75) is 66.0 Å². The van der Waals surface area contributed by atoms with E-state index in [2.05, 4.69) is 52.3 Å². The fourth-order valence-electron chi connectivity index (χ4n) is 5.19. The van der Waals surface area contributed by atoms with Gasteiger partial charge in [0.25, 0.3) is 0 Å². The molecule has 2 nitrogen and oxygen atoms in total. The lowest BCUT2D eigenvalue weighted by Crippen LogP contribution is -2.51. The molecule has 19 heavy (non-hydrogen) atoms. The van der Waals surface area contributed by atoms with Crippen LogP contribution in [0, 0.1) is 29.1 Å². The topological polar surface area (TPSA) is 24.1 Å². The lowest BCUT2D eigenvalue weighted by molar-refractivity contribution is 0.0167. The second kappa shape index (κ2) is 5.73. The molecule has 112 valence electrons. The third-order valence-corrected chi connectivity index (χ3v) is 6.06. The molecule has 0 bridgehead atoms. The van der Waals surface area contributed by atoms with E-state index in [0.717, 1.165) is 23.7 Å². The summed E-state index contributed by atoms with van der Waals surface area (Å²) in [6, 6.07) is 1.25. The van der Waals surface area contributed by atoms with Gasteiger partial charge in [-0.15, -0.1) is 0 Å². The van der Waals surface area contributed by atoms with Crippen molar-refractivity contribution in [3.8, 4) is 0 Å². The molecule has 2 aliphatic carbocycles. The van der Waals surface area contributed by atoms with Gasteiger partial charge >= 0.3 is 0 Å². The quantitative estimate of drug-likeness (QED) is 0.798. The molecule has 0 aliphatic heterocycles. The molecule has 0 aromatic carbocycles. The minimum Gasteiger partial charge on any atom is -0.319 e. The average Bonchev–Trinajstić information content (AvgIpc) is 3.06. The molecular formula is C17H34N2. The van der Waals surface area contributed by atoms with E-state index in [9.17, 15) is 0 Å². The second-order valence-corrected chi connectivity index (χ2v) is 7.68. The molecule has 0 heterocycles. The molecule has 1 spiro atoms. The van der Waals surface area contributed by atoms with Crippen molar-refractivity contribution >= 4 is 0 Å². The summed E-state index contributed by atoms with van der Waals surface area (Å²) in [6.45, 7) is 13.2. The average molecular weight is 266 g/mol. The fourth-order valence-corrected chi connectivity index (χ4v) is 5.19. The highest BCUT2D eigenvalue weighted by atomic mass is 14.9. The lowest BCUT2D eigenvalue weighted by atomic mass is 9.59. The smallest absolute Gasteiger partial charge is 0.00746 e. The first-order chi connectivity index (χ1) is 8.92. The maximum atomic E-state index is 3.77. The Bertz CT molecular complexity index is 296. The summed E-state index contributed by atoms with van der Waals surface area (Å²) in [5.41, 5.74) is 0.674. The molecule has 2 aliphatic rings. The van der Waals surface area contributed by atoms with Gasteiger partial charge in [-0.2, -0.15) is 0 Å². The highest BCUT2D eigenvalue weighted by Gasteiger charge is 2.58. The van der Waals surface area contributed by atoms with Crippen LogP contribution in [0.4, 0.5) is 0 Å². The third-order valence-electron chi connectivity index (χ3n) is 6.06. The molecule has 0 saturated heterocycles. The zero-order chi connectivity index (χ0) is 14.2. The van der Waals surface area contributed by atoms with Gasteiger partial charge < -0.3 is 10.6 Å². The summed E-state index contributed by atoms with van der Waals surface area (Å²) >= 11 is 0. The van der Waals surface area contributed by atoms with E-state index in [0.29, 0.717) is 17.5 Å². The molecule has 2 rings (SSSR count). The van der Waals surface area contributed by atoms with E-state index in [4.69, 9.17) is 0 Å². The predicted octanol–water partition coefficient (Wildman–Crippen LogP) is 3.28. The van der Waals surface area contributed by atoms with Crippen molar-refractivity contribution in [2.24, 2.45) is 29.1 Å². The van der Waals surface area contributed by atoms with Gasteiger partial charge in [-0.3, -0.25) is 0 Å². The van der Waals surface area contributed by atoms with Crippen molar-refractivity contribution in [3.05, 3.63) is 0 Å². The predicted molar refractivity (Wildman–Crippen MR) is 83.3 cm³/mol. The molecule has 2 fully saturated rings. The van der Waals surface area contributed by atoms with Crippen molar-refractivity contribution in [1.29, 1.82) is 0 Å². The number of nitrogens with one attached hydrogen (secondary N) is 2. The largest absolute Gasteiger partial charge is 0.319 e. The van der Waals surface area contributed by atoms with Gasteiger partial charge in [0.15, 0.2) is 0 Å². The minimum atomic E-state index is 0.597. The SMILES string of the molecule is CNCC1CC(C)C(C(C)NC(C)C)C(C)C12CC2. The zero-order valence-electron chi connectivity index (χ0n) is 13.8. The highest BCUT2D eigenvalue weighted by Crippen LogP contribution is 2.65. The maximum absolute atomic E-state index is 3.77. The van der Waals surface area contributed by atoms with Crippen LogP contribution in [0.3, 0.4) is 0 Å². The molecule has 5 atom stereocenters. The van der Waals surface area contributed by atoms with E-state index in [-0.39, 0.29) is 0 Å². The number of hydrogen-bond donors (Lipinski definition) is 2. The van der Waals surface area contributed by atoms with Gasteiger partial charge in [-0.25, -0.2) is 0 Å². The Morgan fingerprint density at radius 2 is 1.79 bits per heavy atom. The van der Waals surface area contributed by atoms with Gasteiger partial charge in [0, 0.05) is 12.1 Å². The van der Waals surface area contributed by atoms with E-state index < -0.39 is 0 Å². The molecule has 2 N–H and O–H groups in total. The fraction of sp³-hybridized carbons (Fsp3) is 1.00. The standard InChI is InChI=1S/C17H34N2/c1-11(2)19-14(5)16-12(3)9-15(10-18-6)17(7-8-17)13(16)4/h11-16,18-19H,7-10H2,1-6H3. The van der Waals surface area contributed by atoms with Gasteiger partial charge in [0.1, 0.15) is 0 Å². The molecular weight excluding hydrogens is 232 g/mol. The molecule has 0 aromatic rings. The molecule has 2 saturated carbocycles. The summed E-state index contributed by atoms with van der Waals surface area (Å²) < 4.78 is 0. The summed E-state index contributed by atoms with van der Waals surface area (Å²) in [6.07, 6.45) is 4.36. The zero-order valence-corrected chi connectivity index (χ0v) is 13.8.